The molecule has 0 radical (unpaired) electrons. The summed E-state index contributed by atoms with van der Waals surface area (Å²) in [6.45, 7) is 7.88. The summed E-state index contributed by atoms with van der Waals surface area (Å²) >= 11 is 5.97. The van der Waals surface area contributed by atoms with Gasteiger partial charge in [0, 0.05) is 49.9 Å². The van der Waals surface area contributed by atoms with Gasteiger partial charge in [0.15, 0.2) is 5.96 Å². The van der Waals surface area contributed by atoms with Crippen molar-refractivity contribution < 1.29 is 4.52 Å². The van der Waals surface area contributed by atoms with Crippen LogP contribution in [0, 0.1) is 13.8 Å². The molecule has 152 valence electrons. The lowest BCUT2D eigenvalue weighted by atomic mass is 10.0. The molecule has 1 aliphatic heterocycles. The standard InChI is InChI=1S/C21H30ClN5O/c1-15-20(16(2)28-26-15)8-11-24-21(23-3)25-19-9-12-27(13-10-19)14-17-4-6-18(22)7-5-17/h4-7,19H,8-14H2,1-3H3,(H2,23,24,25). The summed E-state index contributed by atoms with van der Waals surface area (Å²) in [4.78, 5) is 6.87. The third-order valence-electron chi connectivity index (χ3n) is 5.32. The molecule has 2 N–H and O–H groups in total. The molecule has 0 bridgehead atoms. The zero-order valence-corrected chi connectivity index (χ0v) is 17.7. The molecule has 2 aromatic rings. The van der Waals surface area contributed by atoms with Crippen molar-refractivity contribution in [2.45, 2.75) is 45.7 Å². The third kappa shape index (κ3) is 5.72. The molecule has 1 saturated heterocycles. The normalized spacial score (nSPS) is 16.4. The van der Waals surface area contributed by atoms with Crippen LogP contribution >= 0.6 is 11.6 Å². The number of benzene rings is 1. The van der Waals surface area contributed by atoms with E-state index in [2.05, 4.69) is 37.8 Å². The molecule has 0 saturated carbocycles. The van der Waals surface area contributed by atoms with Gasteiger partial charge >= 0.3 is 0 Å². The average molecular weight is 404 g/mol. The van der Waals surface area contributed by atoms with Crippen LogP contribution in [0.2, 0.25) is 5.02 Å². The highest BCUT2D eigenvalue weighted by molar-refractivity contribution is 6.30. The molecular formula is C21H30ClN5O. The van der Waals surface area contributed by atoms with Crippen LogP contribution in [0.4, 0.5) is 0 Å². The zero-order chi connectivity index (χ0) is 19.9. The monoisotopic (exact) mass is 403 g/mol. The molecule has 1 fully saturated rings. The Balaban J connectivity index is 1.39. The molecule has 28 heavy (non-hydrogen) atoms. The molecule has 0 spiro atoms. The van der Waals surface area contributed by atoms with Crippen molar-refractivity contribution in [2.24, 2.45) is 4.99 Å². The van der Waals surface area contributed by atoms with E-state index in [0.29, 0.717) is 6.04 Å². The number of likely N-dealkylation sites (tertiary alicyclic amines) is 1. The Labute approximate surface area is 172 Å². The second-order valence-electron chi connectivity index (χ2n) is 7.37. The first-order valence-electron chi connectivity index (χ1n) is 9.91. The van der Waals surface area contributed by atoms with Gasteiger partial charge in [0.1, 0.15) is 5.76 Å². The van der Waals surface area contributed by atoms with Crippen molar-refractivity contribution in [2.75, 3.05) is 26.7 Å². The Morgan fingerprint density at radius 3 is 2.57 bits per heavy atom. The molecule has 0 aliphatic carbocycles. The molecule has 3 rings (SSSR count). The molecule has 0 atom stereocenters. The van der Waals surface area contributed by atoms with Crippen molar-refractivity contribution in [1.82, 2.24) is 20.7 Å². The maximum atomic E-state index is 5.97. The zero-order valence-electron chi connectivity index (χ0n) is 17.0. The Bertz CT molecular complexity index is 759. The van der Waals surface area contributed by atoms with Crippen molar-refractivity contribution in [3.63, 3.8) is 0 Å². The minimum absolute atomic E-state index is 0.451. The predicted octanol–water partition coefficient (Wildman–Crippen LogP) is 3.32. The quantitative estimate of drug-likeness (QED) is 0.572. The molecule has 2 heterocycles. The van der Waals surface area contributed by atoms with Gasteiger partial charge in [-0.25, -0.2) is 0 Å². The maximum Gasteiger partial charge on any atom is 0.191 e. The van der Waals surface area contributed by atoms with Crippen molar-refractivity contribution in [1.29, 1.82) is 0 Å². The summed E-state index contributed by atoms with van der Waals surface area (Å²) in [5.74, 6) is 1.76. The van der Waals surface area contributed by atoms with E-state index in [4.69, 9.17) is 16.1 Å². The molecular weight excluding hydrogens is 374 g/mol. The van der Waals surface area contributed by atoms with Gasteiger partial charge in [0.05, 0.1) is 5.69 Å². The lowest BCUT2D eigenvalue weighted by molar-refractivity contribution is 0.198. The second kappa shape index (κ2) is 9.94. The summed E-state index contributed by atoms with van der Waals surface area (Å²) < 4.78 is 5.22. The number of aromatic nitrogens is 1. The van der Waals surface area contributed by atoms with E-state index >= 15 is 0 Å². The van der Waals surface area contributed by atoms with Gasteiger partial charge in [-0.3, -0.25) is 9.89 Å². The summed E-state index contributed by atoms with van der Waals surface area (Å²) in [7, 11) is 1.82. The summed E-state index contributed by atoms with van der Waals surface area (Å²) in [5, 5.41) is 11.8. The van der Waals surface area contributed by atoms with Crippen LogP contribution in [0.15, 0.2) is 33.8 Å². The number of aryl methyl sites for hydroxylation is 2. The highest BCUT2D eigenvalue weighted by atomic mass is 35.5. The van der Waals surface area contributed by atoms with Crippen LogP contribution in [0.3, 0.4) is 0 Å². The molecule has 0 unspecified atom stereocenters. The Kier molecular flexibility index (Phi) is 7.34. The molecule has 0 amide bonds. The minimum Gasteiger partial charge on any atom is -0.361 e. The third-order valence-corrected chi connectivity index (χ3v) is 5.57. The van der Waals surface area contributed by atoms with E-state index < -0.39 is 0 Å². The number of nitrogens with zero attached hydrogens (tertiary/aromatic N) is 3. The summed E-state index contributed by atoms with van der Waals surface area (Å²) in [6.07, 6.45) is 3.09. The van der Waals surface area contributed by atoms with Crippen molar-refractivity contribution in [3.05, 3.63) is 51.9 Å². The first kappa shape index (κ1) is 20.7. The number of hydrogen-bond donors (Lipinski definition) is 2. The number of nitrogens with one attached hydrogen (secondary N) is 2. The van der Waals surface area contributed by atoms with Gasteiger partial charge in [-0.1, -0.05) is 28.9 Å². The van der Waals surface area contributed by atoms with Gasteiger partial charge in [0.25, 0.3) is 0 Å². The number of hydrogen-bond acceptors (Lipinski definition) is 4. The summed E-state index contributed by atoms with van der Waals surface area (Å²) in [6, 6.07) is 8.59. The lowest BCUT2D eigenvalue weighted by Gasteiger charge is -2.33. The van der Waals surface area contributed by atoms with E-state index in [9.17, 15) is 0 Å². The Morgan fingerprint density at radius 2 is 1.96 bits per heavy atom. The Hall–Kier alpha value is -2.05. The smallest absolute Gasteiger partial charge is 0.191 e. The summed E-state index contributed by atoms with van der Waals surface area (Å²) in [5.41, 5.74) is 3.46. The van der Waals surface area contributed by atoms with E-state index in [1.165, 1.54) is 11.1 Å². The van der Waals surface area contributed by atoms with Crippen LogP contribution in [-0.4, -0.2) is 48.7 Å². The van der Waals surface area contributed by atoms with Crippen LogP contribution < -0.4 is 10.6 Å². The van der Waals surface area contributed by atoms with E-state index in [0.717, 1.165) is 67.9 Å². The highest BCUT2D eigenvalue weighted by Gasteiger charge is 2.20. The Morgan fingerprint density at radius 1 is 1.25 bits per heavy atom. The topological polar surface area (TPSA) is 65.7 Å². The highest BCUT2D eigenvalue weighted by Crippen LogP contribution is 2.16. The fraction of sp³-hybridized carbons (Fsp3) is 0.524. The van der Waals surface area contributed by atoms with Crippen molar-refractivity contribution >= 4 is 17.6 Å². The van der Waals surface area contributed by atoms with Gasteiger partial charge < -0.3 is 15.2 Å². The van der Waals surface area contributed by atoms with Crippen LogP contribution in [0.25, 0.3) is 0 Å². The first-order valence-corrected chi connectivity index (χ1v) is 10.3. The van der Waals surface area contributed by atoms with Gasteiger partial charge in [-0.2, -0.15) is 0 Å². The average Bonchev–Trinajstić information content (AvgIpc) is 3.02. The largest absolute Gasteiger partial charge is 0.361 e. The predicted molar refractivity (Wildman–Crippen MR) is 114 cm³/mol. The molecule has 1 aromatic heterocycles. The van der Waals surface area contributed by atoms with Crippen molar-refractivity contribution in [3.8, 4) is 0 Å². The molecule has 1 aromatic carbocycles. The molecule has 7 heteroatoms. The molecule has 6 nitrogen and oxygen atoms in total. The fourth-order valence-corrected chi connectivity index (χ4v) is 3.76. The number of aliphatic imine (C=N–C) groups is 1. The minimum atomic E-state index is 0.451. The van der Waals surface area contributed by atoms with E-state index in [-0.39, 0.29) is 0 Å². The lowest BCUT2D eigenvalue weighted by Crippen LogP contribution is -2.48. The number of halogens is 1. The molecule has 1 aliphatic rings. The number of guanidine groups is 1. The van der Waals surface area contributed by atoms with E-state index in [1.54, 1.807) is 0 Å². The first-order chi connectivity index (χ1) is 13.5. The number of piperidine rings is 1. The van der Waals surface area contributed by atoms with Gasteiger partial charge in [-0.05, 0) is 50.8 Å². The van der Waals surface area contributed by atoms with E-state index in [1.807, 2.05) is 33.0 Å². The second-order valence-corrected chi connectivity index (χ2v) is 7.81. The number of rotatable bonds is 6. The van der Waals surface area contributed by atoms with Gasteiger partial charge in [0.2, 0.25) is 0 Å². The maximum absolute atomic E-state index is 5.97. The van der Waals surface area contributed by atoms with Gasteiger partial charge in [-0.15, -0.1) is 0 Å². The fourth-order valence-electron chi connectivity index (χ4n) is 3.64. The van der Waals surface area contributed by atoms with Crippen LogP contribution in [0.5, 0.6) is 0 Å². The SMILES string of the molecule is CN=C(NCCc1c(C)noc1C)NC1CCN(Cc2ccc(Cl)cc2)CC1. The van der Waals surface area contributed by atoms with Crippen LogP contribution in [-0.2, 0) is 13.0 Å². The van der Waals surface area contributed by atoms with Crippen LogP contribution in [0.1, 0.15) is 35.4 Å².